The Balaban J connectivity index is 2.56. The van der Waals surface area contributed by atoms with Gasteiger partial charge in [-0.2, -0.15) is 0 Å². The van der Waals surface area contributed by atoms with Crippen molar-refractivity contribution in [3.8, 4) is 0 Å². The normalized spacial score (nSPS) is 10.8. The molecule has 1 N–H and O–H groups in total. The molecule has 15 heavy (non-hydrogen) atoms. The van der Waals surface area contributed by atoms with E-state index in [1.54, 1.807) is 12.3 Å². The maximum Gasteiger partial charge on any atom is 0.153 e. The summed E-state index contributed by atoms with van der Waals surface area (Å²) in [6.07, 6.45) is 3.29. The third-order valence-electron chi connectivity index (χ3n) is 1.83. The van der Waals surface area contributed by atoms with E-state index in [-0.39, 0.29) is 0 Å². The van der Waals surface area contributed by atoms with Crippen LogP contribution in [-0.2, 0) is 4.52 Å². The molecule has 0 saturated heterocycles. The summed E-state index contributed by atoms with van der Waals surface area (Å²) in [5.74, 6) is 1.41. The first-order valence-corrected chi connectivity index (χ1v) is 5.31. The van der Waals surface area contributed by atoms with E-state index in [0.29, 0.717) is 19.0 Å². The lowest BCUT2D eigenvalue weighted by Gasteiger charge is -2.17. The summed E-state index contributed by atoms with van der Waals surface area (Å²) in [7, 11) is 1.44. The van der Waals surface area contributed by atoms with Crippen molar-refractivity contribution in [1.29, 1.82) is 0 Å². The third-order valence-corrected chi connectivity index (χ3v) is 2.16. The van der Waals surface area contributed by atoms with E-state index in [2.05, 4.69) is 16.5 Å². The molecule has 1 aromatic heterocycles. The van der Waals surface area contributed by atoms with Gasteiger partial charge in [-0.3, -0.25) is 0 Å². The fourth-order valence-corrected chi connectivity index (χ4v) is 1.20. The predicted octanol–water partition coefficient (Wildman–Crippen LogP) is 1.07. The molecule has 0 fully saturated rings. The highest BCUT2D eigenvalue weighted by Gasteiger charge is 2.02. The van der Waals surface area contributed by atoms with Gasteiger partial charge in [-0.15, -0.1) is 0 Å². The van der Waals surface area contributed by atoms with Crippen molar-refractivity contribution in [2.75, 3.05) is 25.1 Å². The summed E-state index contributed by atoms with van der Waals surface area (Å²) in [6.45, 7) is 4.75. The number of hydrogen-bond donors (Lipinski definition) is 1. The first-order chi connectivity index (χ1) is 7.27. The monoisotopic (exact) mass is 227 g/mol. The first-order valence-electron chi connectivity index (χ1n) is 4.45. The van der Waals surface area contributed by atoms with Crippen LogP contribution in [0.5, 0.6) is 0 Å². The molecule has 0 amide bonds. The smallest absolute Gasteiger partial charge is 0.153 e. The molecule has 0 spiro atoms. The van der Waals surface area contributed by atoms with Crippen LogP contribution in [0.25, 0.3) is 6.08 Å². The van der Waals surface area contributed by atoms with E-state index in [4.69, 9.17) is 9.42 Å². The average molecular weight is 227 g/mol. The fourth-order valence-electron chi connectivity index (χ4n) is 1.02. The molecule has 1 rings (SSSR count). The highest BCUT2D eigenvalue weighted by molar-refractivity contribution is 7.24. The second-order valence-corrected chi connectivity index (χ2v) is 3.31. The maximum atomic E-state index is 8.48. The van der Waals surface area contributed by atoms with Gasteiger partial charge in [0.25, 0.3) is 0 Å². The molecule has 1 aromatic rings. The number of nitrogens with zero attached hydrogens (tertiary/aromatic N) is 3. The van der Waals surface area contributed by atoms with Crippen LogP contribution in [0.4, 0.5) is 5.82 Å². The molecule has 82 valence electrons. The van der Waals surface area contributed by atoms with Crippen LogP contribution in [-0.4, -0.2) is 35.1 Å². The zero-order valence-corrected chi connectivity index (χ0v) is 9.55. The lowest BCUT2D eigenvalue weighted by molar-refractivity contribution is 0.334. The summed E-state index contributed by atoms with van der Waals surface area (Å²) in [5.41, 5.74) is 0. The minimum atomic E-state index is -0.463. The van der Waals surface area contributed by atoms with Crippen molar-refractivity contribution in [1.82, 2.24) is 9.97 Å². The Hall–Kier alpha value is -1.03. The summed E-state index contributed by atoms with van der Waals surface area (Å²) < 4.78 is 4.86. The summed E-state index contributed by atoms with van der Waals surface area (Å²) >= 11 is 0. The molecule has 0 radical (unpaired) electrons. The average Bonchev–Trinajstić information content (AvgIpc) is 2.29. The number of rotatable bonds is 6. The van der Waals surface area contributed by atoms with Crippen LogP contribution in [0.1, 0.15) is 5.82 Å². The number of hydrogen-bond acceptors (Lipinski definition) is 5. The van der Waals surface area contributed by atoms with E-state index in [0.717, 1.165) is 5.82 Å². The Morgan fingerprint density at radius 1 is 1.73 bits per heavy atom. The molecule has 6 heteroatoms. The maximum absolute atomic E-state index is 8.48. The van der Waals surface area contributed by atoms with E-state index < -0.39 is 9.03 Å². The van der Waals surface area contributed by atoms with Crippen molar-refractivity contribution in [3.05, 3.63) is 24.7 Å². The van der Waals surface area contributed by atoms with Gasteiger partial charge in [-0.1, -0.05) is 6.58 Å². The highest BCUT2D eigenvalue weighted by atomic mass is 31.1. The van der Waals surface area contributed by atoms with Gasteiger partial charge >= 0.3 is 0 Å². The van der Waals surface area contributed by atoms with Gasteiger partial charge in [0.2, 0.25) is 0 Å². The van der Waals surface area contributed by atoms with Crippen LogP contribution in [0, 0.1) is 0 Å². The van der Waals surface area contributed by atoms with Gasteiger partial charge in [0.15, 0.2) is 14.9 Å². The van der Waals surface area contributed by atoms with Crippen LogP contribution in [0.15, 0.2) is 18.8 Å². The van der Waals surface area contributed by atoms with Crippen molar-refractivity contribution in [3.63, 3.8) is 0 Å². The van der Waals surface area contributed by atoms with Gasteiger partial charge in [-0.25, -0.2) is 9.97 Å². The SMILES string of the molecule is C=Cc1nccc(N(C)CCOPO)n1. The Labute approximate surface area is 90.8 Å². The van der Waals surface area contributed by atoms with Crippen LogP contribution in [0.2, 0.25) is 0 Å². The Morgan fingerprint density at radius 3 is 3.20 bits per heavy atom. The number of anilines is 1. The van der Waals surface area contributed by atoms with Crippen molar-refractivity contribution in [2.24, 2.45) is 0 Å². The Bertz CT molecular complexity index is 322. The molecule has 1 heterocycles. The van der Waals surface area contributed by atoms with Crippen molar-refractivity contribution in [2.45, 2.75) is 0 Å². The second kappa shape index (κ2) is 6.45. The fraction of sp³-hybridized carbons (Fsp3) is 0.333. The number of aromatic nitrogens is 2. The van der Waals surface area contributed by atoms with E-state index in [9.17, 15) is 0 Å². The van der Waals surface area contributed by atoms with Crippen LogP contribution in [0.3, 0.4) is 0 Å². The third kappa shape index (κ3) is 3.91. The predicted molar refractivity (Wildman–Crippen MR) is 61.9 cm³/mol. The van der Waals surface area contributed by atoms with Gasteiger partial charge in [0, 0.05) is 19.8 Å². The topological polar surface area (TPSA) is 58.5 Å². The molecular formula is C9H14N3O2P. The highest BCUT2D eigenvalue weighted by Crippen LogP contribution is 2.09. The van der Waals surface area contributed by atoms with Crippen LogP contribution >= 0.6 is 9.03 Å². The van der Waals surface area contributed by atoms with E-state index >= 15 is 0 Å². The molecular weight excluding hydrogens is 213 g/mol. The molecule has 0 aromatic carbocycles. The standard InChI is InChI=1S/C9H14N3O2P/c1-3-8-10-5-4-9(11-8)12(2)6-7-14-15-13/h3-5,13,15H,1,6-7H2,2H3. The quantitative estimate of drug-likeness (QED) is 0.582. The largest absolute Gasteiger partial charge is 0.357 e. The van der Waals surface area contributed by atoms with Gasteiger partial charge in [0.05, 0.1) is 6.61 Å². The molecule has 0 aliphatic heterocycles. The van der Waals surface area contributed by atoms with Gasteiger partial charge < -0.3 is 14.3 Å². The molecule has 0 bridgehead atoms. The van der Waals surface area contributed by atoms with Crippen molar-refractivity contribution >= 4 is 20.9 Å². The molecule has 5 nitrogen and oxygen atoms in total. The number of likely N-dealkylation sites (N-methyl/N-ethyl adjacent to an activating group) is 1. The van der Waals surface area contributed by atoms with E-state index in [1.165, 1.54) is 0 Å². The van der Waals surface area contributed by atoms with Gasteiger partial charge in [0.1, 0.15) is 5.82 Å². The van der Waals surface area contributed by atoms with Gasteiger partial charge in [-0.05, 0) is 12.1 Å². The Morgan fingerprint density at radius 2 is 2.53 bits per heavy atom. The summed E-state index contributed by atoms with van der Waals surface area (Å²) in [6, 6.07) is 1.81. The first kappa shape index (κ1) is 12.0. The summed E-state index contributed by atoms with van der Waals surface area (Å²) in [5, 5.41) is 0. The zero-order valence-electron chi connectivity index (χ0n) is 8.55. The molecule has 0 aliphatic carbocycles. The van der Waals surface area contributed by atoms with E-state index in [1.807, 2.05) is 18.0 Å². The van der Waals surface area contributed by atoms with Crippen LogP contribution < -0.4 is 4.90 Å². The zero-order chi connectivity index (χ0) is 11.1. The minimum Gasteiger partial charge on any atom is -0.357 e. The lowest BCUT2D eigenvalue weighted by atomic mass is 10.4. The second-order valence-electron chi connectivity index (χ2n) is 2.84. The Kier molecular flexibility index (Phi) is 5.18. The molecule has 1 unspecified atom stereocenters. The molecule has 1 atom stereocenters. The summed E-state index contributed by atoms with van der Waals surface area (Å²) in [4.78, 5) is 18.7. The molecule has 0 saturated carbocycles. The lowest BCUT2D eigenvalue weighted by Crippen LogP contribution is -2.22. The molecule has 0 aliphatic rings. The minimum absolute atomic E-state index is 0.463. The van der Waals surface area contributed by atoms with Crippen molar-refractivity contribution < 1.29 is 9.42 Å².